The number of hydrogen-bond donors (Lipinski definition) is 1. The number of thiol groups is 1. The highest BCUT2D eigenvalue weighted by Crippen LogP contribution is 2.41. The average Bonchev–Trinajstić information content (AvgIpc) is 3.34. The summed E-state index contributed by atoms with van der Waals surface area (Å²) in [5, 5.41) is 0.510. The number of nitrogens with zero attached hydrogens (tertiary/aromatic N) is 1. The van der Waals surface area contributed by atoms with Gasteiger partial charge in [-0.1, -0.05) is 48.5 Å². The lowest BCUT2D eigenvalue weighted by Crippen LogP contribution is -2.14. The number of rotatable bonds is 7. The molecule has 0 fully saturated rings. The second-order valence-corrected chi connectivity index (χ2v) is 8.95. The van der Waals surface area contributed by atoms with Gasteiger partial charge in [0.25, 0.3) is 0 Å². The van der Waals surface area contributed by atoms with Gasteiger partial charge in [0.2, 0.25) is 10.9 Å². The van der Waals surface area contributed by atoms with Crippen LogP contribution in [0.4, 0.5) is 10.7 Å². The lowest BCUT2D eigenvalue weighted by molar-refractivity contribution is 0.0600. The summed E-state index contributed by atoms with van der Waals surface area (Å²) in [6.07, 6.45) is 0. The Labute approximate surface area is 197 Å². The second-order valence-electron chi connectivity index (χ2n) is 7.01. The lowest BCUT2D eigenvalue weighted by atomic mass is 10.0. The molecule has 4 aromatic rings. The van der Waals surface area contributed by atoms with Gasteiger partial charge in [0.15, 0.2) is 0 Å². The maximum absolute atomic E-state index is 12.3. The van der Waals surface area contributed by atoms with E-state index < -0.39 is 16.9 Å². The van der Waals surface area contributed by atoms with Crippen LogP contribution in [-0.2, 0) is 15.6 Å². The predicted octanol–water partition coefficient (Wildman–Crippen LogP) is 5.54. The first-order valence-electron chi connectivity index (χ1n) is 9.98. The Hall–Kier alpha value is -3.62. The van der Waals surface area contributed by atoms with Gasteiger partial charge >= 0.3 is 5.97 Å². The number of thiophene rings is 1. The minimum absolute atomic E-state index is 0.248. The molecule has 0 aliphatic heterocycles. The predicted molar refractivity (Wildman–Crippen MR) is 132 cm³/mol. The molecule has 3 aromatic carbocycles. The van der Waals surface area contributed by atoms with Gasteiger partial charge in [-0.2, -0.15) is 0 Å². The number of carbonyl (C=O) groups excluding carboxylic acids is 1. The first-order valence-corrected chi connectivity index (χ1v) is 11.9. The zero-order chi connectivity index (χ0) is 23.4. The quantitative estimate of drug-likeness (QED) is 0.278. The molecule has 0 saturated carbocycles. The van der Waals surface area contributed by atoms with Crippen LogP contribution in [0, 0.1) is 0 Å². The summed E-state index contributed by atoms with van der Waals surface area (Å²) in [6.45, 7) is 0. The van der Waals surface area contributed by atoms with Gasteiger partial charge in [0.1, 0.15) is 10.8 Å². The van der Waals surface area contributed by atoms with E-state index in [9.17, 15) is 13.2 Å². The summed E-state index contributed by atoms with van der Waals surface area (Å²) in [6, 6.07) is 26.3. The summed E-state index contributed by atoms with van der Waals surface area (Å²) >= 11 is 1.35. The van der Waals surface area contributed by atoms with Crippen molar-refractivity contribution >= 4 is 38.9 Å². The molecule has 0 spiro atoms. The number of methoxy groups -OCH3 is 2. The van der Waals surface area contributed by atoms with Crippen LogP contribution < -0.4 is 9.04 Å². The van der Waals surface area contributed by atoms with Crippen molar-refractivity contribution in [2.24, 2.45) is 0 Å². The van der Waals surface area contributed by atoms with Crippen molar-refractivity contribution in [1.82, 2.24) is 0 Å². The van der Waals surface area contributed by atoms with Gasteiger partial charge in [-0.05, 0) is 53.1 Å². The van der Waals surface area contributed by atoms with E-state index in [0.717, 1.165) is 21.6 Å². The second kappa shape index (κ2) is 9.89. The molecule has 8 heteroatoms. The number of anilines is 2. The number of carbonyl (C=O) groups is 1. The maximum atomic E-state index is 12.3. The molecule has 0 aliphatic carbocycles. The van der Waals surface area contributed by atoms with Crippen LogP contribution in [0.1, 0.15) is 10.4 Å². The number of benzene rings is 3. The van der Waals surface area contributed by atoms with Gasteiger partial charge < -0.3 is 9.47 Å². The molecule has 1 aromatic heterocycles. The lowest BCUT2D eigenvalue weighted by Gasteiger charge is -2.19. The Morgan fingerprint density at radius 3 is 2.24 bits per heavy atom. The Morgan fingerprint density at radius 1 is 0.818 bits per heavy atom. The maximum Gasteiger partial charge on any atom is 0.337 e. The molecule has 0 aliphatic rings. The summed E-state index contributed by atoms with van der Waals surface area (Å²) in [7, 11) is -0.315. The van der Waals surface area contributed by atoms with Gasteiger partial charge in [-0.15, -0.1) is 11.3 Å². The van der Waals surface area contributed by atoms with E-state index in [4.69, 9.17) is 9.47 Å². The largest absolute Gasteiger partial charge is 0.495 e. The monoisotopic (exact) mass is 479 g/mol. The summed E-state index contributed by atoms with van der Waals surface area (Å²) in [5.74, 6) is -0.284. The van der Waals surface area contributed by atoms with Gasteiger partial charge in [-0.25, -0.2) is 17.5 Å². The molecule has 0 N–H and O–H groups in total. The normalized spacial score (nSPS) is 10.8. The Bertz CT molecular complexity index is 1350. The average molecular weight is 480 g/mol. The molecule has 0 radical (unpaired) electrons. The van der Waals surface area contributed by atoms with E-state index in [1.165, 1.54) is 48.1 Å². The van der Waals surface area contributed by atoms with E-state index in [-0.39, 0.29) is 11.3 Å². The molecule has 4 rings (SSSR count). The van der Waals surface area contributed by atoms with Crippen molar-refractivity contribution < 1.29 is 22.7 Å². The van der Waals surface area contributed by atoms with Crippen LogP contribution in [0.5, 0.6) is 5.75 Å². The number of hydrogen-bond acceptors (Lipinski definition) is 6. The standard InChI is InChI=1S/C25H21NO5S2/c1-30-22-16-20(25(27)31-2)11-12-21(22)26(33(28)29)24-14-13-23(32-24)19-10-6-9-18(15-19)17-7-4-3-5-8-17/h3-16,33H,1-2H3. The summed E-state index contributed by atoms with van der Waals surface area (Å²) in [5.41, 5.74) is 3.75. The smallest absolute Gasteiger partial charge is 0.337 e. The molecule has 0 amide bonds. The van der Waals surface area contributed by atoms with E-state index in [2.05, 4.69) is 6.07 Å². The van der Waals surface area contributed by atoms with Crippen molar-refractivity contribution in [3.8, 4) is 27.3 Å². The van der Waals surface area contributed by atoms with E-state index in [1.54, 1.807) is 6.07 Å². The first-order chi connectivity index (χ1) is 16.0. The third kappa shape index (κ3) is 4.76. The van der Waals surface area contributed by atoms with Crippen LogP contribution in [-0.4, -0.2) is 28.6 Å². The van der Waals surface area contributed by atoms with Crippen LogP contribution in [0.3, 0.4) is 0 Å². The Balaban J connectivity index is 1.72. The van der Waals surface area contributed by atoms with E-state index in [0.29, 0.717) is 10.7 Å². The third-order valence-corrected chi connectivity index (χ3v) is 7.06. The molecule has 33 heavy (non-hydrogen) atoms. The Morgan fingerprint density at radius 2 is 1.55 bits per heavy atom. The topological polar surface area (TPSA) is 72.9 Å². The van der Waals surface area contributed by atoms with Gasteiger partial charge in [0, 0.05) is 4.88 Å². The molecular weight excluding hydrogens is 458 g/mol. The fourth-order valence-corrected chi connectivity index (χ4v) is 5.28. The van der Waals surface area contributed by atoms with Crippen LogP contribution in [0.25, 0.3) is 21.6 Å². The molecule has 1 heterocycles. The summed E-state index contributed by atoms with van der Waals surface area (Å²) < 4.78 is 35.8. The zero-order valence-electron chi connectivity index (χ0n) is 17.9. The first kappa shape index (κ1) is 22.6. The van der Waals surface area contributed by atoms with Gasteiger partial charge in [0.05, 0.1) is 25.5 Å². The molecule has 168 valence electrons. The van der Waals surface area contributed by atoms with E-state index in [1.807, 2.05) is 54.6 Å². The summed E-state index contributed by atoms with van der Waals surface area (Å²) in [4.78, 5) is 12.8. The molecule has 0 saturated heterocycles. The number of esters is 1. The zero-order valence-corrected chi connectivity index (χ0v) is 19.6. The minimum Gasteiger partial charge on any atom is -0.495 e. The van der Waals surface area contributed by atoms with Crippen molar-refractivity contribution in [3.05, 3.63) is 90.5 Å². The molecule has 0 atom stereocenters. The SMILES string of the molecule is COC(=O)c1ccc(N(c2ccc(-c3cccc(-c4ccccc4)c3)s2)[SH](=O)=O)c(OC)c1. The highest BCUT2D eigenvalue weighted by molar-refractivity contribution is 7.74. The van der Waals surface area contributed by atoms with Crippen molar-refractivity contribution in [2.75, 3.05) is 18.5 Å². The molecular formula is C25H21NO5S2. The van der Waals surface area contributed by atoms with Crippen molar-refractivity contribution in [2.45, 2.75) is 0 Å². The Kier molecular flexibility index (Phi) is 6.76. The van der Waals surface area contributed by atoms with E-state index >= 15 is 0 Å². The highest BCUT2D eigenvalue weighted by Gasteiger charge is 2.21. The van der Waals surface area contributed by atoms with Crippen LogP contribution in [0.2, 0.25) is 0 Å². The van der Waals surface area contributed by atoms with Crippen LogP contribution in [0.15, 0.2) is 84.9 Å². The minimum atomic E-state index is -3.02. The fourth-order valence-electron chi connectivity index (χ4n) is 3.46. The third-order valence-electron chi connectivity index (χ3n) is 5.05. The highest BCUT2D eigenvalue weighted by atomic mass is 32.2. The fraction of sp³-hybridized carbons (Fsp3) is 0.0800. The van der Waals surface area contributed by atoms with Crippen molar-refractivity contribution in [1.29, 1.82) is 0 Å². The van der Waals surface area contributed by atoms with Crippen molar-refractivity contribution in [3.63, 3.8) is 0 Å². The van der Waals surface area contributed by atoms with Crippen LogP contribution >= 0.6 is 11.3 Å². The number of ether oxygens (including phenoxy) is 2. The molecule has 0 bridgehead atoms. The van der Waals surface area contributed by atoms with Gasteiger partial charge in [-0.3, -0.25) is 0 Å². The molecule has 0 unspecified atom stereocenters. The molecule has 6 nitrogen and oxygen atoms in total.